The van der Waals surface area contributed by atoms with Crippen molar-refractivity contribution >= 4 is 15.9 Å². The third-order valence-electron chi connectivity index (χ3n) is 4.44. The molecule has 2 rings (SSSR count). The Kier molecular flexibility index (Phi) is 5.47. The molecule has 1 saturated heterocycles. The normalized spacial score (nSPS) is 20.2. The molecule has 1 aliphatic heterocycles. The zero-order valence-corrected chi connectivity index (χ0v) is 14.9. The smallest absolute Gasteiger partial charge is 0.238 e. The molecular formula is C17H26N2O3S. The number of benzene rings is 1. The van der Waals surface area contributed by atoms with E-state index in [1.54, 1.807) is 0 Å². The average Bonchev–Trinajstić information content (AvgIpc) is 2.53. The molecule has 0 bridgehead atoms. The lowest BCUT2D eigenvalue weighted by Gasteiger charge is -2.34. The van der Waals surface area contributed by atoms with Crippen LogP contribution in [0.5, 0.6) is 0 Å². The lowest BCUT2D eigenvalue weighted by Crippen LogP contribution is -2.53. The fourth-order valence-corrected chi connectivity index (χ4v) is 4.11. The van der Waals surface area contributed by atoms with Gasteiger partial charge in [-0.2, -0.15) is 4.31 Å². The number of amides is 1. The molecule has 1 aromatic carbocycles. The quantitative estimate of drug-likeness (QED) is 0.891. The summed E-state index contributed by atoms with van der Waals surface area (Å²) >= 11 is 0. The van der Waals surface area contributed by atoms with Crippen molar-refractivity contribution in [2.75, 3.05) is 19.3 Å². The van der Waals surface area contributed by atoms with Crippen LogP contribution < -0.4 is 5.32 Å². The second kappa shape index (κ2) is 7.01. The SMILES string of the molecule is CC(C)(CNC(=O)C1CCCCN1S(C)(=O)=O)c1ccccc1. The van der Waals surface area contributed by atoms with Gasteiger partial charge in [0.25, 0.3) is 0 Å². The van der Waals surface area contributed by atoms with Gasteiger partial charge < -0.3 is 5.32 Å². The summed E-state index contributed by atoms with van der Waals surface area (Å²) in [5, 5.41) is 2.95. The number of rotatable bonds is 5. The van der Waals surface area contributed by atoms with E-state index >= 15 is 0 Å². The first-order chi connectivity index (χ1) is 10.7. The monoisotopic (exact) mass is 338 g/mol. The summed E-state index contributed by atoms with van der Waals surface area (Å²) in [4.78, 5) is 12.5. The Morgan fingerprint density at radius 2 is 1.91 bits per heavy atom. The lowest BCUT2D eigenvalue weighted by molar-refractivity contribution is -0.125. The van der Waals surface area contributed by atoms with Gasteiger partial charge in [0.1, 0.15) is 6.04 Å². The number of nitrogens with one attached hydrogen (secondary N) is 1. The molecule has 0 radical (unpaired) electrons. The van der Waals surface area contributed by atoms with Crippen LogP contribution in [0.3, 0.4) is 0 Å². The first kappa shape index (κ1) is 17.9. The predicted octanol–water partition coefficient (Wildman–Crippen LogP) is 1.89. The third-order valence-corrected chi connectivity index (χ3v) is 5.73. The van der Waals surface area contributed by atoms with Crippen LogP contribution in [-0.4, -0.2) is 44.0 Å². The van der Waals surface area contributed by atoms with Crippen molar-refractivity contribution in [3.8, 4) is 0 Å². The zero-order chi connectivity index (χ0) is 17.1. The maximum Gasteiger partial charge on any atom is 0.238 e. The van der Waals surface area contributed by atoms with E-state index in [0.29, 0.717) is 19.5 Å². The van der Waals surface area contributed by atoms with Crippen LogP contribution in [0.15, 0.2) is 30.3 Å². The molecule has 1 unspecified atom stereocenters. The van der Waals surface area contributed by atoms with Gasteiger partial charge >= 0.3 is 0 Å². The molecule has 0 saturated carbocycles. The Balaban J connectivity index is 2.03. The Labute approximate surface area is 139 Å². The van der Waals surface area contributed by atoms with E-state index in [1.165, 1.54) is 10.6 Å². The molecule has 0 aromatic heterocycles. The topological polar surface area (TPSA) is 66.5 Å². The van der Waals surface area contributed by atoms with Crippen molar-refractivity contribution in [1.29, 1.82) is 0 Å². The predicted molar refractivity (Wildman–Crippen MR) is 91.7 cm³/mol. The molecule has 0 spiro atoms. The summed E-state index contributed by atoms with van der Waals surface area (Å²) in [6.07, 6.45) is 3.45. The molecule has 1 aliphatic rings. The summed E-state index contributed by atoms with van der Waals surface area (Å²) in [6, 6.07) is 9.41. The van der Waals surface area contributed by atoms with Crippen LogP contribution in [-0.2, 0) is 20.2 Å². The fraction of sp³-hybridized carbons (Fsp3) is 0.588. The molecule has 1 amide bonds. The number of hydrogen-bond donors (Lipinski definition) is 1. The largest absolute Gasteiger partial charge is 0.354 e. The molecule has 128 valence electrons. The molecule has 6 heteroatoms. The van der Waals surface area contributed by atoms with Crippen molar-refractivity contribution in [2.24, 2.45) is 0 Å². The van der Waals surface area contributed by atoms with Crippen LogP contribution in [0, 0.1) is 0 Å². The highest BCUT2D eigenvalue weighted by molar-refractivity contribution is 7.88. The van der Waals surface area contributed by atoms with Gasteiger partial charge in [-0.3, -0.25) is 4.79 Å². The van der Waals surface area contributed by atoms with E-state index in [4.69, 9.17) is 0 Å². The summed E-state index contributed by atoms with van der Waals surface area (Å²) in [7, 11) is -3.35. The van der Waals surface area contributed by atoms with E-state index < -0.39 is 16.1 Å². The standard InChI is InChI=1S/C17H26N2O3S/c1-17(2,14-9-5-4-6-10-14)13-18-16(20)15-11-7-8-12-19(15)23(3,21)22/h4-6,9-10,15H,7-8,11-13H2,1-3H3,(H,18,20). The van der Waals surface area contributed by atoms with E-state index in [9.17, 15) is 13.2 Å². The second-order valence-corrected chi connectivity index (χ2v) is 8.79. The van der Waals surface area contributed by atoms with E-state index in [0.717, 1.165) is 18.4 Å². The molecule has 1 N–H and O–H groups in total. The number of carbonyl (C=O) groups is 1. The Bertz CT molecular complexity index is 641. The van der Waals surface area contributed by atoms with Crippen LogP contribution in [0.4, 0.5) is 0 Å². The van der Waals surface area contributed by atoms with Gasteiger partial charge in [0, 0.05) is 18.5 Å². The molecule has 5 nitrogen and oxygen atoms in total. The Morgan fingerprint density at radius 3 is 2.52 bits per heavy atom. The minimum absolute atomic E-state index is 0.195. The molecule has 0 aliphatic carbocycles. The van der Waals surface area contributed by atoms with Crippen molar-refractivity contribution < 1.29 is 13.2 Å². The maximum atomic E-state index is 12.5. The van der Waals surface area contributed by atoms with Crippen molar-refractivity contribution in [1.82, 2.24) is 9.62 Å². The molecule has 23 heavy (non-hydrogen) atoms. The first-order valence-corrected chi connectivity index (χ1v) is 9.87. The summed E-state index contributed by atoms with van der Waals surface area (Å²) < 4.78 is 25.1. The van der Waals surface area contributed by atoms with Gasteiger partial charge in [0.15, 0.2) is 0 Å². The zero-order valence-electron chi connectivity index (χ0n) is 14.1. The van der Waals surface area contributed by atoms with Gasteiger partial charge in [-0.1, -0.05) is 50.6 Å². The fourth-order valence-electron chi connectivity index (χ4n) is 2.98. The Morgan fingerprint density at radius 1 is 1.26 bits per heavy atom. The molecule has 1 aromatic rings. The van der Waals surface area contributed by atoms with Crippen LogP contribution in [0.2, 0.25) is 0 Å². The van der Waals surface area contributed by atoms with E-state index in [2.05, 4.69) is 19.2 Å². The lowest BCUT2D eigenvalue weighted by atomic mass is 9.84. The molecule has 1 atom stereocenters. The third kappa shape index (κ3) is 4.54. The second-order valence-electron chi connectivity index (χ2n) is 6.85. The number of carbonyl (C=O) groups excluding carboxylic acids is 1. The summed E-state index contributed by atoms with van der Waals surface area (Å²) in [6.45, 7) is 5.04. The van der Waals surface area contributed by atoms with Crippen molar-refractivity contribution in [3.05, 3.63) is 35.9 Å². The number of piperidine rings is 1. The first-order valence-electron chi connectivity index (χ1n) is 8.02. The highest BCUT2D eigenvalue weighted by Gasteiger charge is 2.35. The molecular weight excluding hydrogens is 312 g/mol. The van der Waals surface area contributed by atoms with Gasteiger partial charge in [-0.05, 0) is 18.4 Å². The van der Waals surface area contributed by atoms with Gasteiger partial charge in [0.05, 0.1) is 6.26 Å². The number of sulfonamides is 1. The Hall–Kier alpha value is -1.40. The maximum absolute atomic E-state index is 12.5. The van der Waals surface area contributed by atoms with Crippen LogP contribution in [0.1, 0.15) is 38.7 Å². The summed E-state index contributed by atoms with van der Waals surface area (Å²) in [5.41, 5.74) is 0.936. The molecule has 1 fully saturated rings. The highest BCUT2D eigenvalue weighted by atomic mass is 32.2. The van der Waals surface area contributed by atoms with E-state index in [-0.39, 0.29) is 11.3 Å². The van der Waals surface area contributed by atoms with Gasteiger partial charge in [0.2, 0.25) is 15.9 Å². The van der Waals surface area contributed by atoms with Crippen molar-refractivity contribution in [2.45, 2.75) is 44.6 Å². The molecule has 1 heterocycles. The van der Waals surface area contributed by atoms with Gasteiger partial charge in [-0.25, -0.2) is 8.42 Å². The minimum atomic E-state index is -3.35. The van der Waals surface area contributed by atoms with Crippen LogP contribution >= 0.6 is 0 Å². The average molecular weight is 338 g/mol. The number of nitrogens with zero attached hydrogens (tertiary/aromatic N) is 1. The highest BCUT2D eigenvalue weighted by Crippen LogP contribution is 2.23. The minimum Gasteiger partial charge on any atom is -0.354 e. The van der Waals surface area contributed by atoms with Crippen molar-refractivity contribution in [3.63, 3.8) is 0 Å². The summed E-state index contributed by atoms with van der Waals surface area (Å²) in [5.74, 6) is -0.195. The van der Waals surface area contributed by atoms with Crippen LogP contribution in [0.25, 0.3) is 0 Å². The number of hydrogen-bond acceptors (Lipinski definition) is 3. The van der Waals surface area contributed by atoms with E-state index in [1.807, 2.05) is 30.3 Å². The van der Waals surface area contributed by atoms with Gasteiger partial charge in [-0.15, -0.1) is 0 Å².